The lowest BCUT2D eigenvalue weighted by Crippen LogP contribution is -2.44. The summed E-state index contributed by atoms with van der Waals surface area (Å²) < 4.78 is 6.37. The second-order valence-electron chi connectivity index (χ2n) is 12.7. The zero-order valence-electron chi connectivity index (χ0n) is 20.9. The molecule has 2 fully saturated rings. The fourth-order valence-corrected chi connectivity index (χ4v) is 8.88. The zero-order valence-corrected chi connectivity index (χ0v) is 20.9. The third-order valence-corrected chi connectivity index (χ3v) is 10.9. The number of hydrogen-bond donors (Lipinski definition) is 1. The molecule has 1 heterocycles. The van der Waals surface area contributed by atoms with Crippen LogP contribution in [0.15, 0.2) is 22.8 Å². The van der Waals surface area contributed by atoms with Gasteiger partial charge < -0.3 is 9.84 Å². The summed E-state index contributed by atoms with van der Waals surface area (Å²) in [4.78, 5) is 0. The van der Waals surface area contributed by atoms with Crippen molar-refractivity contribution in [2.45, 2.75) is 118 Å². The Labute approximate surface area is 190 Å². The van der Waals surface area contributed by atoms with Crippen molar-refractivity contribution in [2.24, 2.45) is 40.4 Å². The number of aliphatic hydroxyl groups is 1. The van der Waals surface area contributed by atoms with Crippen LogP contribution in [0.4, 0.5) is 0 Å². The molecule has 0 aromatic heterocycles. The van der Waals surface area contributed by atoms with Gasteiger partial charge in [-0.3, -0.25) is 0 Å². The third-order valence-electron chi connectivity index (χ3n) is 10.9. The highest BCUT2D eigenvalue weighted by atomic mass is 16.6. The summed E-state index contributed by atoms with van der Waals surface area (Å²) in [6, 6.07) is 0. The molecule has 0 unspecified atom stereocenters. The maximum absolute atomic E-state index is 10.3. The Morgan fingerprint density at radius 1 is 1.06 bits per heavy atom. The van der Waals surface area contributed by atoms with E-state index in [1.807, 2.05) is 0 Å². The number of ether oxygens (including phenoxy) is 1. The van der Waals surface area contributed by atoms with Crippen molar-refractivity contribution < 1.29 is 9.84 Å². The second kappa shape index (κ2) is 7.73. The van der Waals surface area contributed by atoms with Crippen molar-refractivity contribution in [2.75, 3.05) is 0 Å². The van der Waals surface area contributed by atoms with Gasteiger partial charge in [0.2, 0.25) is 0 Å². The molecule has 2 nitrogen and oxygen atoms in total. The minimum atomic E-state index is -0.0609. The van der Waals surface area contributed by atoms with Crippen LogP contribution < -0.4 is 0 Å². The quantitative estimate of drug-likeness (QED) is 0.477. The Balaban J connectivity index is 1.37. The van der Waals surface area contributed by atoms with Gasteiger partial charge >= 0.3 is 0 Å². The van der Waals surface area contributed by atoms with E-state index in [0.717, 1.165) is 18.8 Å². The summed E-state index contributed by atoms with van der Waals surface area (Å²) in [5.74, 6) is 3.50. The maximum atomic E-state index is 10.3. The average Bonchev–Trinajstić information content (AvgIpc) is 3.42. The largest absolute Gasteiger partial charge is 0.393 e. The molecule has 1 N–H and O–H groups in total. The molecule has 0 aromatic carbocycles. The molecule has 0 radical (unpaired) electrons. The highest BCUT2D eigenvalue weighted by Crippen LogP contribution is 2.64. The first-order chi connectivity index (χ1) is 14.7. The van der Waals surface area contributed by atoms with Crippen molar-refractivity contribution in [3.8, 4) is 0 Å². The highest BCUT2D eigenvalue weighted by molar-refractivity contribution is 5.49. The Kier molecular flexibility index (Phi) is 5.53. The molecule has 174 valence electrons. The van der Waals surface area contributed by atoms with Gasteiger partial charge in [-0.25, -0.2) is 0 Å². The normalized spacial score (nSPS) is 46.2. The molecule has 4 aliphatic carbocycles. The first kappa shape index (κ1) is 22.2. The number of rotatable bonds is 5. The van der Waals surface area contributed by atoms with E-state index in [2.05, 4.69) is 47.6 Å². The van der Waals surface area contributed by atoms with Gasteiger partial charge in [-0.05, 0) is 103 Å². The van der Waals surface area contributed by atoms with Crippen molar-refractivity contribution in [3.05, 3.63) is 22.8 Å². The van der Waals surface area contributed by atoms with Crippen LogP contribution in [0.1, 0.15) is 99.3 Å². The minimum Gasteiger partial charge on any atom is -0.393 e. The van der Waals surface area contributed by atoms with E-state index in [-0.39, 0.29) is 6.10 Å². The van der Waals surface area contributed by atoms with Gasteiger partial charge in [-0.15, -0.1) is 0 Å². The fraction of sp³-hybridized carbons (Fsp3) is 0.862. The molecule has 2 heteroatoms. The molecular formula is C29H46O2. The van der Waals surface area contributed by atoms with Gasteiger partial charge in [0.05, 0.1) is 18.3 Å². The predicted octanol–water partition coefficient (Wildman–Crippen LogP) is 7.08. The maximum Gasteiger partial charge on any atom is 0.0875 e. The van der Waals surface area contributed by atoms with Gasteiger partial charge in [0.1, 0.15) is 0 Å². The summed E-state index contributed by atoms with van der Waals surface area (Å²) in [6.07, 6.45) is 14.4. The highest BCUT2D eigenvalue weighted by Gasteiger charge is 2.57. The fourth-order valence-electron chi connectivity index (χ4n) is 8.88. The van der Waals surface area contributed by atoms with Crippen LogP contribution in [0, 0.1) is 40.4 Å². The standard InChI is InChI=1S/C29H46O2/c1-7-21(17(2)3)27-26(31-27)18(4)23-10-11-24-22-9-8-19-16-20(30)12-14-28(19,5)25(22)13-15-29(23,24)6/h11,17-21,23,26-27,30H,7-10,12-16H2,1-6H3/t18-,19-,20-,21-,23+,26-,27-,28-,29+/m0/s1. The lowest BCUT2D eigenvalue weighted by Gasteiger charge is -2.53. The topological polar surface area (TPSA) is 32.8 Å². The van der Waals surface area contributed by atoms with Crippen molar-refractivity contribution in [1.82, 2.24) is 0 Å². The molecule has 1 aliphatic heterocycles. The molecule has 31 heavy (non-hydrogen) atoms. The van der Waals surface area contributed by atoms with Gasteiger partial charge in [-0.1, -0.05) is 59.6 Å². The van der Waals surface area contributed by atoms with Crippen LogP contribution in [0.5, 0.6) is 0 Å². The van der Waals surface area contributed by atoms with Gasteiger partial charge in [0.15, 0.2) is 0 Å². The predicted molar refractivity (Wildman–Crippen MR) is 128 cm³/mol. The monoisotopic (exact) mass is 426 g/mol. The lowest BCUT2D eigenvalue weighted by atomic mass is 9.51. The molecule has 5 aliphatic rings. The first-order valence-electron chi connectivity index (χ1n) is 13.5. The molecule has 0 amide bonds. The summed E-state index contributed by atoms with van der Waals surface area (Å²) in [5.41, 5.74) is 5.95. The summed E-state index contributed by atoms with van der Waals surface area (Å²) in [5, 5.41) is 10.3. The Morgan fingerprint density at radius 2 is 1.84 bits per heavy atom. The van der Waals surface area contributed by atoms with E-state index in [0.29, 0.717) is 46.7 Å². The van der Waals surface area contributed by atoms with E-state index in [1.54, 1.807) is 16.7 Å². The lowest BCUT2D eigenvalue weighted by molar-refractivity contribution is 0.0223. The molecular weight excluding hydrogens is 380 g/mol. The van der Waals surface area contributed by atoms with E-state index in [9.17, 15) is 5.11 Å². The van der Waals surface area contributed by atoms with Crippen molar-refractivity contribution in [1.29, 1.82) is 0 Å². The summed E-state index contributed by atoms with van der Waals surface area (Å²) >= 11 is 0. The molecule has 9 atom stereocenters. The number of hydrogen-bond acceptors (Lipinski definition) is 2. The van der Waals surface area contributed by atoms with Gasteiger partial charge in [-0.2, -0.15) is 0 Å². The first-order valence-corrected chi connectivity index (χ1v) is 13.5. The van der Waals surface area contributed by atoms with Crippen molar-refractivity contribution >= 4 is 0 Å². The molecule has 1 saturated heterocycles. The van der Waals surface area contributed by atoms with E-state index in [4.69, 9.17) is 4.74 Å². The molecule has 5 rings (SSSR count). The molecule has 0 spiro atoms. The summed E-state index contributed by atoms with van der Waals surface area (Å²) in [6.45, 7) is 14.7. The zero-order chi connectivity index (χ0) is 22.1. The van der Waals surface area contributed by atoms with Crippen LogP contribution in [0.25, 0.3) is 0 Å². The van der Waals surface area contributed by atoms with Gasteiger partial charge in [0.25, 0.3) is 0 Å². The molecule has 0 bridgehead atoms. The van der Waals surface area contributed by atoms with Crippen LogP contribution >= 0.6 is 0 Å². The van der Waals surface area contributed by atoms with Crippen LogP contribution in [-0.2, 0) is 4.74 Å². The third kappa shape index (κ3) is 3.33. The van der Waals surface area contributed by atoms with Crippen molar-refractivity contribution in [3.63, 3.8) is 0 Å². The second-order valence-corrected chi connectivity index (χ2v) is 12.7. The van der Waals surface area contributed by atoms with E-state index >= 15 is 0 Å². The number of epoxide rings is 1. The smallest absolute Gasteiger partial charge is 0.0875 e. The SMILES string of the molecule is CC[C@@H](C(C)C)[C@@H]1O[C@H]1[C@@H](C)[C@H]1CC=C2C3=C(CC[C@@]21C)[C@@]1(C)CC[C@H](O)C[C@@H]1CC3. The number of aliphatic hydroxyl groups excluding tert-OH is 1. The number of fused-ring (bicyclic) bond motifs is 4. The molecule has 0 aromatic rings. The molecule has 1 saturated carbocycles. The Bertz CT molecular complexity index is 778. The average molecular weight is 427 g/mol. The Morgan fingerprint density at radius 3 is 2.55 bits per heavy atom. The van der Waals surface area contributed by atoms with E-state index in [1.165, 1.54) is 44.9 Å². The Hall–Kier alpha value is -0.600. The van der Waals surface area contributed by atoms with Crippen LogP contribution in [0.2, 0.25) is 0 Å². The van der Waals surface area contributed by atoms with Gasteiger partial charge in [0, 0.05) is 0 Å². The van der Waals surface area contributed by atoms with E-state index < -0.39 is 0 Å². The summed E-state index contributed by atoms with van der Waals surface area (Å²) in [7, 11) is 0. The van der Waals surface area contributed by atoms with Crippen LogP contribution in [0.3, 0.4) is 0 Å². The van der Waals surface area contributed by atoms with Crippen LogP contribution in [-0.4, -0.2) is 23.4 Å². The minimum absolute atomic E-state index is 0.0609. The number of allylic oxidation sites excluding steroid dienone is 4.